The number of hydrogen-bond donors (Lipinski definition) is 0. The first kappa shape index (κ1) is 15.7. The molecule has 104 valence electrons. The Balaban J connectivity index is 0.000000861. The van der Waals surface area contributed by atoms with Crippen molar-refractivity contribution in [3.63, 3.8) is 0 Å². The third-order valence-corrected chi connectivity index (χ3v) is 3.79. The van der Waals surface area contributed by atoms with Crippen LogP contribution in [0, 0.1) is 11.3 Å². The normalized spacial score (nSPS) is 18.0. The molecule has 1 aliphatic heterocycles. The lowest BCUT2D eigenvalue weighted by Gasteiger charge is -2.37. The molecule has 0 aromatic heterocycles. The van der Waals surface area contributed by atoms with Gasteiger partial charge in [0.25, 0.3) is 0 Å². The van der Waals surface area contributed by atoms with Crippen LogP contribution < -0.4 is 0 Å². The Kier molecular flexibility index (Phi) is 6.59. The molecule has 0 unspecified atom stereocenters. The van der Waals surface area contributed by atoms with Crippen LogP contribution >= 0.6 is 0 Å². The van der Waals surface area contributed by atoms with Gasteiger partial charge in [-0.25, -0.2) is 0 Å². The number of benzene rings is 1. The molecule has 1 fully saturated rings. The Morgan fingerprint density at radius 2 is 1.74 bits per heavy atom. The maximum atomic E-state index is 9.54. The highest BCUT2D eigenvalue weighted by atomic mass is 15.1. The molecule has 1 saturated heterocycles. The zero-order valence-corrected chi connectivity index (χ0v) is 12.5. The van der Waals surface area contributed by atoms with Gasteiger partial charge in [0.05, 0.1) is 11.5 Å². The van der Waals surface area contributed by atoms with Crippen LogP contribution in [0.5, 0.6) is 0 Å². The van der Waals surface area contributed by atoms with Gasteiger partial charge >= 0.3 is 0 Å². The summed E-state index contributed by atoms with van der Waals surface area (Å²) >= 11 is 0. The van der Waals surface area contributed by atoms with Crippen molar-refractivity contribution >= 4 is 0 Å². The average Bonchev–Trinajstić information content (AvgIpc) is 2.51. The minimum absolute atomic E-state index is 0.245. The highest BCUT2D eigenvalue weighted by Crippen LogP contribution is 2.34. The quantitative estimate of drug-likeness (QED) is 0.820. The predicted molar refractivity (Wildman–Crippen MR) is 81.0 cm³/mol. The van der Waals surface area contributed by atoms with Crippen LogP contribution in [-0.2, 0) is 5.41 Å². The van der Waals surface area contributed by atoms with Gasteiger partial charge in [-0.1, -0.05) is 51.1 Å². The van der Waals surface area contributed by atoms with Gasteiger partial charge < -0.3 is 4.90 Å². The summed E-state index contributed by atoms with van der Waals surface area (Å²) in [6.07, 6.45) is 3.13. The predicted octanol–water partition coefficient (Wildman–Crippen LogP) is 3.98. The van der Waals surface area contributed by atoms with Crippen molar-refractivity contribution in [2.24, 2.45) is 0 Å². The minimum atomic E-state index is -0.245. The Labute approximate surface area is 118 Å². The fourth-order valence-electron chi connectivity index (χ4n) is 2.70. The fraction of sp³-hybridized carbons (Fsp3) is 0.588. The summed E-state index contributed by atoms with van der Waals surface area (Å²) in [4.78, 5) is 2.47. The van der Waals surface area contributed by atoms with E-state index in [1.54, 1.807) is 0 Å². The standard InChI is InChI=1S/C15H20N2.C2H6/c1-2-10-17-11-8-15(13-16,9-12-17)14-6-4-3-5-7-14;1-2/h3-7H,2,8-12H2,1H3;1-2H3. The molecule has 1 aromatic rings. The van der Waals surface area contributed by atoms with Crippen LogP contribution in [0.15, 0.2) is 30.3 Å². The van der Waals surface area contributed by atoms with E-state index in [9.17, 15) is 5.26 Å². The summed E-state index contributed by atoms with van der Waals surface area (Å²) < 4.78 is 0. The Morgan fingerprint density at radius 1 is 1.16 bits per heavy atom. The molecule has 2 heteroatoms. The second-order valence-electron chi connectivity index (χ2n) is 4.90. The van der Waals surface area contributed by atoms with Gasteiger partial charge in [0.2, 0.25) is 0 Å². The summed E-state index contributed by atoms with van der Waals surface area (Å²) in [6, 6.07) is 12.8. The Morgan fingerprint density at radius 3 is 2.21 bits per heavy atom. The maximum absolute atomic E-state index is 9.54. The molecular weight excluding hydrogens is 232 g/mol. The van der Waals surface area contributed by atoms with Crippen LogP contribution in [0.1, 0.15) is 45.6 Å². The third kappa shape index (κ3) is 3.81. The van der Waals surface area contributed by atoms with E-state index >= 15 is 0 Å². The van der Waals surface area contributed by atoms with Gasteiger partial charge in [0.15, 0.2) is 0 Å². The number of nitrogens with zero attached hydrogens (tertiary/aromatic N) is 2. The van der Waals surface area contributed by atoms with Crippen molar-refractivity contribution in [1.29, 1.82) is 5.26 Å². The monoisotopic (exact) mass is 258 g/mol. The molecule has 1 aliphatic rings. The van der Waals surface area contributed by atoms with Crippen molar-refractivity contribution in [3.05, 3.63) is 35.9 Å². The third-order valence-electron chi connectivity index (χ3n) is 3.79. The molecule has 0 amide bonds. The molecule has 0 saturated carbocycles. The molecule has 0 bridgehead atoms. The first-order valence-electron chi connectivity index (χ1n) is 7.50. The minimum Gasteiger partial charge on any atom is -0.303 e. The molecule has 0 radical (unpaired) electrons. The van der Waals surface area contributed by atoms with Crippen molar-refractivity contribution in [3.8, 4) is 6.07 Å². The first-order valence-corrected chi connectivity index (χ1v) is 7.50. The van der Waals surface area contributed by atoms with E-state index in [-0.39, 0.29) is 5.41 Å². The summed E-state index contributed by atoms with van der Waals surface area (Å²) in [7, 11) is 0. The topological polar surface area (TPSA) is 27.0 Å². The van der Waals surface area contributed by atoms with Crippen LogP contribution in [0.4, 0.5) is 0 Å². The summed E-state index contributed by atoms with van der Waals surface area (Å²) in [5.74, 6) is 0. The van der Waals surface area contributed by atoms with Crippen molar-refractivity contribution in [1.82, 2.24) is 4.90 Å². The molecule has 1 heterocycles. The van der Waals surface area contributed by atoms with Crippen LogP contribution in [0.25, 0.3) is 0 Å². The van der Waals surface area contributed by atoms with E-state index in [1.807, 2.05) is 32.0 Å². The summed E-state index contributed by atoms with van der Waals surface area (Å²) in [6.45, 7) is 9.48. The van der Waals surface area contributed by atoms with Gasteiger partial charge in [0, 0.05) is 0 Å². The molecule has 0 N–H and O–H groups in total. The highest BCUT2D eigenvalue weighted by molar-refractivity contribution is 5.33. The molecule has 0 spiro atoms. The van der Waals surface area contributed by atoms with Crippen molar-refractivity contribution in [2.45, 2.75) is 45.4 Å². The highest BCUT2D eigenvalue weighted by Gasteiger charge is 2.35. The second kappa shape index (κ2) is 7.96. The lowest BCUT2D eigenvalue weighted by atomic mass is 9.74. The van der Waals surface area contributed by atoms with E-state index in [4.69, 9.17) is 0 Å². The molecule has 0 atom stereocenters. The SMILES string of the molecule is CC.CCCN1CCC(C#N)(c2ccccc2)CC1. The van der Waals surface area contributed by atoms with E-state index in [1.165, 1.54) is 12.0 Å². The number of piperidine rings is 1. The number of nitriles is 1. The van der Waals surface area contributed by atoms with E-state index in [0.717, 1.165) is 32.5 Å². The van der Waals surface area contributed by atoms with E-state index in [2.05, 4.69) is 30.0 Å². The molecule has 2 rings (SSSR count). The van der Waals surface area contributed by atoms with E-state index in [0.29, 0.717) is 0 Å². The first-order chi connectivity index (χ1) is 9.30. The number of rotatable bonds is 3. The van der Waals surface area contributed by atoms with Gasteiger partial charge in [-0.2, -0.15) is 5.26 Å². The number of likely N-dealkylation sites (tertiary alicyclic amines) is 1. The Bertz CT molecular complexity index is 383. The van der Waals surface area contributed by atoms with Gasteiger partial charge in [-0.05, 0) is 44.5 Å². The molecule has 19 heavy (non-hydrogen) atoms. The molecular formula is C17H26N2. The van der Waals surface area contributed by atoms with Crippen molar-refractivity contribution in [2.75, 3.05) is 19.6 Å². The van der Waals surface area contributed by atoms with Gasteiger partial charge in [-0.3, -0.25) is 0 Å². The van der Waals surface area contributed by atoms with E-state index < -0.39 is 0 Å². The van der Waals surface area contributed by atoms with Gasteiger partial charge in [-0.15, -0.1) is 0 Å². The van der Waals surface area contributed by atoms with Crippen LogP contribution in [0.2, 0.25) is 0 Å². The zero-order valence-electron chi connectivity index (χ0n) is 12.5. The molecule has 2 nitrogen and oxygen atoms in total. The lowest BCUT2D eigenvalue weighted by molar-refractivity contribution is 0.186. The average molecular weight is 258 g/mol. The zero-order chi connectivity index (χ0) is 14.1. The lowest BCUT2D eigenvalue weighted by Crippen LogP contribution is -2.42. The van der Waals surface area contributed by atoms with Gasteiger partial charge in [0.1, 0.15) is 0 Å². The molecule has 0 aliphatic carbocycles. The molecule has 1 aromatic carbocycles. The fourth-order valence-corrected chi connectivity index (χ4v) is 2.70. The smallest absolute Gasteiger partial charge is 0.0846 e. The number of hydrogen-bond acceptors (Lipinski definition) is 2. The van der Waals surface area contributed by atoms with Crippen LogP contribution in [0.3, 0.4) is 0 Å². The maximum Gasteiger partial charge on any atom is 0.0846 e. The summed E-state index contributed by atoms with van der Waals surface area (Å²) in [5, 5.41) is 9.54. The van der Waals surface area contributed by atoms with Crippen LogP contribution in [-0.4, -0.2) is 24.5 Å². The largest absolute Gasteiger partial charge is 0.303 e. The van der Waals surface area contributed by atoms with Crippen molar-refractivity contribution < 1.29 is 0 Å². The summed E-state index contributed by atoms with van der Waals surface area (Å²) in [5.41, 5.74) is 0.949. The second-order valence-corrected chi connectivity index (χ2v) is 4.90. The Hall–Kier alpha value is -1.33.